The van der Waals surface area contributed by atoms with Crippen molar-refractivity contribution in [2.24, 2.45) is 0 Å². The summed E-state index contributed by atoms with van der Waals surface area (Å²) < 4.78 is 40.0. The molecule has 2 aromatic heterocycles. The Kier molecular flexibility index (Phi) is 2.67. The van der Waals surface area contributed by atoms with Gasteiger partial charge in [0, 0.05) is 12.1 Å². The molecule has 4 N–H and O–H groups in total. The van der Waals surface area contributed by atoms with Crippen LogP contribution in [0.4, 0.5) is 30.6 Å². The number of benzene rings is 1. The molecule has 102 valence electrons. The number of hydrogen-bond acceptors (Lipinski definition) is 5. The molecule has 9 heteroatoms. The number of nitrogens with two attached hydrogens (primary N) is 1. The van der Waals surface area contributed by atoms with Crippen LogP contribution in [0.15, 0.2) is 18.5 Å². The molecule has 0 saturated heterocycles. The largest absolute Gasteiger partial charge is 0.368 e. The van der Waals surface area contributed by atoms with Crippen molar-refractivity contribution in [1.82, 2.24) is 19.9 Å². The second-order valence-corrected chi connectivity index (χ2v) is 3.90. The average Bonchev–Trinajstić information content (AvgIpc) is 2.81. The van der Waals surface area contributed by atoms with E-state index in [0.29, 0.717) is 17.6 Å². The van der Waals surface area contributed by atoms with E-state index in [0.717, 1.165) is 0 Å². The van der Waals surface area contributed by atoms with E-state index >= 15 is 0 Å². The number of nitrogen functional groups attached to an aromatic ring is 1. The van der Waals surface area contributed by atoms with Crippen LogP contribution < -0.4 is 11.1 Å². The third kappa shape index (κ3) is 1.98. The highest BCUT2D eigenvalue weighted by molar-refractivity contribution is 5.85. The lowest BCUT2D eigenvalue weighted by atomic mass is 10.2. The van der Waals surface area contributed by atoms with Crippen LogP contribution in [-0.4, -0.2) is 19.9 Å². The van der Waals surface area contributed by atoms with E-state index in [4.69, 9.17) is 5.73 Å². The maximum absolute atomic E-state index is 13.6. The summed E-state index contributed by atoms with van der Waals surface area (Å²) in [6, 6.07) is 1.11. The van der Waals surface area contributed by atoms with Crippen LogP contribution in [0.5, 0.6) is 0 Å². The average molecular weight is 280 g/mol. The molecule has 0 atom stereocenters. The molecule has 0 aliphatic rings. The molecule has 0 bridgehead atoms. The van der Waals surface area contributed by atoms with Crippen LogP contribution in [0.25, 0.3) is 11.2 Å². The zero-order chi connectivity index (χ0) is 14.3. The van der Waals surface area contributed by atoms with Crippen molar-refractivity contribution < 1.29 is 13.2 Å². The number of halogens is 3. The molecule has 0 aliphatic carbocycles. The Labute approximate surface area is 109 Å². The van der Waals surface area contributed by atoms with Gasteiger partial charge >= 0.3 is 0 Å². The van der Waals surface area contributed by atoms with Crippen molar-refractivity contribution >= 4 is 28.6 Å². The van der Waals surface area contributed by atoms with Crippen LogP contribution in [-0.2, 0) is 0 Å². The number of nitrogens with one attached hydrogen (secondary N) is 2. The molecule has 1 aromatic carbocycles. The first-order valence-electron chi connectivity index (χ1n) is 5.43. The van der Waals surface area contributed by atoms with Gasteiger partial charge in [-0.15, -0.1) is 0 Å². The number of aromatic nitrogens is 4. The summed E-state index contributed by atoms with van der Waals surface area (Å²) in [6.45, 7) is 0. The second kappa shape index (κ2) is 4.37. The molecule has 3 aromatic rings. The number of imidazole rings is 1. The summed E-state index contributed by atoms with van der Waals surface area (Å²) >= 11 is 0. The fourth-order valence-electron chi connectivity index (χ4n) is 1.72. The highest BCUT2D eigenvalue weighted by Crippen LogP contribution is 2.26. The second-order valence-electron chi connectivity index (χ2n) is 3.90. The third-order valence-electron chi connectivity index (χ3n) is 2.55. The summed E-state index contributed by atoms with van der Waals surface area (Å²) in [6.07, 6.45) is 1.33. The molecular formula is C11H7F3N6. The Balaban J connectivity index is 2.12. The van der Waals surface area contributed by atoms with Gasteiger partial charge in [0.05, 0.1) is 6.33 Å². The molecule has 20 heavy (non-hydrogen) atoms. The molecule has 0 spiro atoms. The molecule has 0 amide bonds. The molecule has 0 aliphatic heterocycles. The topological polar surface area (TPSA) is 92.5 Å². The van der Waals surface area contributed by atoms with Crippen LogP contribution >= 0.6 is 0 Å². The van der Waals surface area contributed by atoms with Crippen LogP contribution in [0, 0.1) is 17.5 Å². The number of nitrogens with zero attached hydrogens (tertiary/aromatic N) is 3. The molecular weight excluding hydrogens is 273 g/mol. The summed E-state index contributed by atoms with van der Waals surface area (Å²) in [5.74, 6) is -3.27. The lowest BCUT2D eigenvalue weighted by molar-refractivity contribution is 0.549. The lowest BCUT2D eigenvalue weighted by Gasteiger charge is -2.09. The van der Waals surface area contributed by atoms with E-state index in [1.807, 2.05) is 0 Å². The number of aromatic amines is 1. The van der Waals surface area contributed by atoms with Gasteiger partial charge in [-0.1, -0.05) is 0 Å². The zero-order valence-corrected chi connectivity index (χ0v) is 9.78. The first-order valence-corrected chi connectivity index (χ1v) is 5.43. The molecule has 0 fully saturated rings. The maximum atomic E-state index is 13.6. The number of anilines is 3. The Morgan fingerprint density at radius 3 is 2.50 bits per heavy atom. The Bertz CT molecular complexity index is 777. The molecule has 3 rings (SSSR count). The smallest absolute Gasteiger partial charge is 0.224 e. The van der Waals surface area contributed by atoms with E-state index in [1.54, 1.807) is 0 Å². The maximum Gasteiger partial charge on any atom is 0.224 e. The van der Waals surface area contributed by atoms with Gasteiger partial charge in [0.1, 0.15) is 17.0 Å². The van der Waals surface area contributed by atoms with Gasteiger partial charge in [-0.2, -0.15) is 9.97 Å². The Morgan fingerprint density at radius 1 is 1.10 bits per heavy atom. The fraction of sp³-hybridized carbons (Fsp3) is 0. The minimum absolute atomic E-state index is 0.0365. The van der Waals surface area contributed by atoms with Crippen LogP contribution in [0.1, 0.15) is 0 Å². The standard InChI is InChI=1S/C11H7F3N6/c12-4-1-5(13)7(6(14)2-4)18-10-8-9(17-3-16-8)19-11(15)20-10/h1-3H,(H4,15,16,17,18,19,20). The van der Waals surface area contributed by atoms with Crippen molar-refractivity contribution in [3.05, 3.63) is 35.9 Å². The lowest BCUT2D eigenvalue weighted by Crippen LogP contribution is -2.04. The van der Waals surface area contributed by atoms with Gasteiger partial charge in [0.25, 0.3) is 0 Å². The molecule has 0 unspecified atom stereocenters. The molecule has 2 heterocycles. The highest BCUT2D eigenvalue weighted by atomic mass is 19.1. The van der Waals surface area contributed by atoms with Crippen molar-refractivity contribution in [1.29, 1.82) is 0 Å². The van der Waals surface area contributed by atoms with E-state index < -0.39 is 23.1 Å². The third-order valence-corrected chi connectivity index (χ3v) is 2.55. The molecule has 6 nitrogen and oxygen atoms in total. The van der Waals surface area contributed by atoms with Gasteiger partial charge in [0.15, 0.2) is 23.1 Å². The highest BCUT2D eigenvalue weighted by Gasteiger charge is 2.15. The predicted octanol–water partition coefficient (Wildman–Crippen LogP) is 2.10. The minimum Gasteiger partial charge on any atom is -0.368 e. The summed E-state index contributed by atoms with van der Waals surface area (Å²) in [4.78, 5) is 14.2. The van der Waals surface area contributed by atoms with Crippen molar-refractivity contribution in [3.8, 4) is 0 Å². The van der Waals surface area contributed by atoms with Gasteiger partial charge < -0.3 is 16.0 Å². The first-order chi connectivity index (χ1) is 9.54. The van der Waals surface area contributed by atoms with Gasteiger partial charge in [-0.25, -0.2) is 18.2 Å². The monoisotopic (exact) mass is 280 g/mol. The normalized spacial score (nSPS) is 10.9. The van der Waals surface area contributed by atoms with Crippen molar-refractivity contribution in [2.45, 2.75) is 0 Å². The minimum atomic E-state index is -1.09. The van der Waals surface area contributed by atoms with Gasteiger partial charge in [0.2, 0.25) is 5.95 Å². The van der Waals surface area contributed by atoms with Gasteiger partial charge in [-0.05, 0) is 0 Å². The zero-order valence-electron chi connectivity index (χ0n) is 9.78. The van der Waals surface area contributed by atoms with Gasteiger partial charge in [-0.3, -0.25) is 0 Å². The molecule has 0 saturated carbocycles. The first kappa shape index (κ1) is 12.2. The SMILES string of the molecule is Nc1nc(Nc2c(F)cc(F)cc2F)c2[nH]cnc2n1. The van der Waals surface area contributed by atoms with E-state index in [1.165, 1.54) is 6.33 Å². The summed E-state index contributed by atoms with van der Waals surface area (Å²) in [5, 5.41) is 2.42. The van der Waals surface area contributed by atoms with Crippen molar-refractivity contribution in [2.75, 3.05) is 11.1 Å². The Hall–Kier alpha value is -2.84. The van der Waals surface area contributed by atoms with Crippen LogP contribution in [0.3, 0.4) is 0 Å². The molecule has 0 radical (unpaired) electrons. The number of fused-ring (bicyclic) bond motifs is 1. The number of H-pyrrole nitrogens is 1. The van der Waals surface area contributed by atoms with E-state index in [-0.39, 0.29) is 17.4 Å². The fourth-order valence-corrected chi connectivity index (χ4v) is 1.72. The number of rotatable bonds is 2. The van der Waals surface area contributed by atoms with Crippen LogP contribution in [0.2, 0.25) is 0 Å². The summed E-state index contributed by atoms with van der Waals surface area (Å²) in [7, 11) is 0. The van der Waals surface area contributed by atoms with E-state index in [9.17, 15) is 13.2 Å². The predicted molar refractivity (Wildman–Crippen MR) is 65.7 cm³/mol. The number of hydrogen-bond donors (Lipinski definition) is 3. The summed E-state index contributed by atoms with van der Waals surface area (Å²) in [5.41, 5.74) is 5.49. The van der Waals surface area contributed by atoms with Crippen molar-refractivity contribution in [3.63, 3.8) is 0 Å². The Morgan fingerprint density at radius 2 is 1.80 bits per heavy atom. The quantitative estimate of drug-likeness (QED) is 0.668. The van der Waals surface area contributed by atoms with E-state index in [2.05, 4.69) is 25.3 Å².